The molecule has 1 N–H and O–H groups in total. The predicted octanol–water partition coefficient (Wildman–Crippen LogP) is 4.13. The summed E-state index contributed by atoms with van der Waals surface area (Å²) in [5.74, 6) is 0.226. The molecule has 6 heteroatoms. The van der Waals surface area contributed by atoms with Crippen molar-refractivity contribution < 1.29 is 4.79 Å². The van der Waals surface area contributed by atoms with Crippen LogP contribution in [0.5, 0.6) is 0 Å². The van der Waals surface area contributed by atoms with Crippen LogP contribution >= 0.6 is 23.2 Å². The van der Waals surface area contributed by atoms with Crippen molar-refractivity contribution >= 4 is 29.1 Å². The number of aromatic nitrogens is 2. The number of nitrogens with zero attached hydrogens (tertiary/aromatic N) is 2. The van der Waals surface area contributed by atoms with Crippen molar-refractivity contribution in [3.05, 3.63) is 51.3 Å². The van der Waals surface area contributed by atoms with E-state index in [1.807, 2.05) is 24.3 Å². The highest BCUT2D eigenvalue weighted by Crippen LogP contribution is 2.20. The zero-order valence-corrected chi connectivity index (χ0v) is 15.1. The molecule has 0 spiro atoms. The number of aryl methyl sites for hydroxylation is 1. The SMILES string of the molecule is Cc1nn(CC(C)C)c(Cl)c1C(=O)NCCc1ccc(Cl)cc1. The van der Waals surface area contributed by atoms with Crippen LogP contribution in [-0.4, -0.2) is 22.2 Å². The maximum atomic E-state index is 12.4. The van der Waals surface area contributed by atoms with Gasteiger partial charge in [-0.3, -0.25) is 9.48 Å². The molecule has 0 unspecified atom stereocenters. The number of carbonyl (C=O) groups excluding carboxylic acids is 1. The maximum absolute atomic E-state index is 12.4. The Labute approximate surface area is 146 Å². The minimum absolute atomic E-state index is 0.184. The highest BCUT2D eigenvalue weighted by Gasteiger charge is 2.20. The summed E-state index contributed by atoms with van der Waals surface area (Å²) in [5.41, 5.74) is 2.23. The number of carbonyl (C=O) groups is 1. The molecule has 0 radical (unpaired) electrons. The first-order chi connectivity index (χ1) is 10.9. The molecule has 0 saturated carbocycles. The van der Waals surface area contributed by atoms with Crippen molar-refractivity contribution in [2.45, 2.75) is 33.7 Å². The minimum Gasteiger partial charge on any atom is -0.352 e. The number of nitrogens with one attached hydrogen (secondary N) is 1. The van der Waals surface area contributed by atoms with Gasteiger partial charge >= 0.3 is 0 Å². The van der Waals surface area contributed by atoms with E-state index in [1.165, 1.54) is 0 Å². The zero-order valence-electron chi connectivity index (χ0n) is 13.6. The second-order valence-electron chi connectivity index (χ2n) is 5.96. The van der Waals surface area contributed by atoms with Crippen molar-refractivity contribution in [2.75, 3.05) is 6.54 Å². The molecule has 0 saturated heterocycles. The summed E-state index contributed by atoms with van der Waals surface area (Å²) in [6.07, 6.45) is 0.736. The van der Waals surface area contributed by atoms with Gasteiger partial charge in [-0.25, -0.2) is 0 Å². The molecule has 23 heavy (non-hydrogen) atoms. The molecular formula is C17H21Cl2N3O. The topological polar surface area (TPSA) is 46.9 Å². The average molecular weight is 354 g/mol. The Morgan fingerprint density at radius 3 is 2.52 bits per heavy atom. The first kappa shape index (κ1) is 17.8. The summed E-state index contributed by atoms with van der Waals surface area (Å²) >= 11 is 12.2. The fraction of sp³-hybridized carbons (Fsp3) is 0.412. The molecule has 1 aromatic carbocycles. The predicted molar refractivity (Wildman–Crippen MR) is 94.3 cm³/mol. The van der Waals surface area contributed by atoms with E-state index in [0.717, 1.165) is 12.0 Å². The van der Waals surface area contributed by atoms with Gasteiger partial charge in [0.25, 0.3) is 5.91 Å². The Hall–Kier alpha value is -1.52. The van der Waals surface area contributed by atoms with Crippen LogP contribution in [0.25, 0.3) is 0 Å². The van der Waals surface area contributed by atoms with E-state index >= 15 is 0 Å². The van der Waals surface area contributed by atoms with E-state index in [0.29, 0.717) is 40.4 Å². The van der Waals surface area contributed by atoms with Crippen LogP contribution < -0.4 is 5.32 Å². The fourth-order valence-corrected chi connectivity index (χ4v) is 2.79. The smallest absolute Gasteiger partial charge is 0.256 e. The molecular weight excluding hydrogens is 333 g/mol. The van der Waals surface area contributed by atoms with Gasteiger partial charge in [-0.05, 0) is 37.0 Å². The van der Waals surface area contributed by atoms with Gasteiger partial charge in [0.2, 0.25) is 0 Å². The third kappa shape index (κ3) is 4.72. The molecule has 0 aliphatic heterocycles. The Balaban J connectivity index is 1.98. The normalized spacial score (nSPS) is 11.0. The Morgan fingerprint density at radius 1 is 1.26 bits per heavy atom. The first-order valence-electron chi connectivity index (χ1n) is 7.64. The fourth-order valence-electron chi connectivity index (χ4n) is 2.34. The van der Waals surface area contributed by atoms with Crippen LogP contribution in [0.3, 0.4) is 0 Å². The molecule has 1 amide bonds. The summed E-state index contributed by atoms with van der Waals surface area (Å²) in [5, 5.41) is 8.37. The van der Waals surface area contributed by atoms with Crippen LogP contribution in [0.15, 0.2) is 24.3 Å². The van der Waals surface area contributed by atoms with Gasteiger partial charge in [0.1, 0.15) is 5.15 Å². The molecule has 2 aromatic rings. The molecule has 124 valence electrons. The molecule has 0 atom stereocenters. The molecule has 2 rings (SSSR count). The highest BCUT2D eigenvalue weighted by molar-refractivity contribution is 6.33. The zero-order chi connectivity index (χ0) is 17.0. The Morgan fingerprint density at radius 2 is 1.91 bits per heavy atom. The quantitative estimate of drug-likeness (QED) is 0.848. The number of halogens is 2. The number of benzene rings is 1. The van der Waals surface area contributed by atoms with Gasteiger partial charge in [0, 0.05) is 18.1 Å². The van der Waals surface area contributed by atoms with Gasteiger partial charge in [-0.2, -0.15) is 5.10 Å². The van der Waals surface area contributed by atoms with E-state index in [9.17, 15) is 4.79 Å². The van der Waals surface area contributed by atoms with Crippen molar-refractivity contribution in [3.8, 4) is 0 Å². The number of hydrogen-bond acceptors (Lipinski definition) is 2. The second kappa shape index (κ2) is 7.84. The summed E-state index contributed by atoms with van der Waals surface area (Å²) in [6.45, 7) is 7.19. The van der Waals surface area contributed by atoms with E-state index in [1.54, 1.807) is 11.6 Å². The lowest BCUT2D eigenvalue weighted by molar-refractivity contribution is 0.0953. The van der Waals surface area contributed by atoms with Gasteiger partial charge < -0.3 is 5.32 Å². The van der Waals surface area contributed by atoms with Gasteiger partial charge in [0.15, 0.2) is 0 Å². The van der Waals surface area contributed by atoms with Crippen molar-refractivity contribution in [3.63, 3.8) is 0 Å². The Kier molecular flexibility index (Phi) is 6.08. The average Bonchev–Trinajstić information content (AvgIpc) is 2.75. The second-order valence-corrected chi connectivity index (χ2v) is 6.75. The van der Waals surface area contributed by atoms with E-state index < -0.39 is 0 Å². The summed E-state index contributed by atoms with van der Waals surface area (Å²) in [6, 6.07) is 7.59. The molecule has 0 bridgehead atoms. The van der Waals surface area contributed by atoms with Crippen LogP contribution in [-0.2, 0) is 13.0 Å². The first-order valence-corrected chi connectivity index (χ1v) is 8.39. The molecule has 1 aromatic heterocycles. The molecule has 0 aliphatic carbocycles. The molecule has 0 aliphatic rings. The van der Waals surface area contributed by atoms with Crippen molar-refractivity contribution in [1.29, 1.82) is 0 Å². The van der Waals surface area contributed by atoms with Crippen LogP contribution in [0.4, 0.5) is 0 Å². The van der Waals surface area contributed by atoms with Crippen molar-refractivity contribution in [1.82, 2.24) is 15.1 Å². The van der Waals surface area contributed by atoms with Gasteiger partial charge in [-0.15, -0.1) is 0 Å². The summed E-state index contributed by atoms with van der Waals surface area (Å²) in [4.78, 5) is 12.4. The lowest BCUT2D eigenvalue weighted by Crippen LogP contribution is -2.26. The Bertz CT molecular complexity index is 678. The maximum Gasteiger partial charge on any atom is 0.256 e. The number of rotatable bonds is 6. The summed E-state index contributed by atoms with van der Waals surface area (Å²) in [7, 11) is 0. The van der Waals surface area contributed by atoms with E-state index in [-0.39, 0.29) is 5.91 Å². The lowest BCUT2D eigenvalue weighted by atomic mass is 10.1. The molecule has 1 heterocycles. The monoisotopic (exact) mass is 353 g/mol. The van der Waals surface area contributed by atoms with Crippen LogP contribution in [0.1, 0.15) is 35.5 Å². The molecule has 0 fully saturated rings. The van der Waals surface area contributed by atoms with Gasteiger partial charge in [-0.1, -0.05) is 49.2 Å². The number of hydrogen-bond donors (Lipinski definition) is 1. The largest absolute Gasteiger partial charge is 0.352 e. The van der Waals surface area contributed by atoms with E-state index in [4.69, 9.17) is 23.2 Å². The van der Waals surface area contributed by atoms with Crippen LogP contribution in [0, 0.1) is 12.8 Å². The number of amides is 1. The lowest BCUT2D eigenvalue weighted by Gasteiger charge is -2.07. The molecule has 4 nitrogen and oxygen atoms in total. The third-order valence-electron chi connectivity index (χ3n) is 3.44. The summed E-state index contributed by atoms with van der Waals surface area (Å²) < 4.78 is 1.69. The van der Waals surface area contributed by atoms with Crippen LogP contribution in [0.2, 0.25) is 10.2 Å². The van der Waals surface area contributed by atoms with Gasteiger partial charge in [0.05, 0.1) is 11.3 Å². The van der Waals surface area contributed by atoms with Crippen molar-refractivity contribution in [2.24, 2.45) is 5.92 Å². The standard InChI is InChI=1S/C17H21Cl2N3O/c1-11(2)10-22-16(19)15(12(3)21-22)17(23)20-9-8-13-4-6-14(18)7-5-13/h4-7,11H,8-10H2,1-3H3,(H,20,23). The highest BCUT2D eigenvalue weighted by atomic mass is 35.5. The van der Waals surface area contributed by atoms with E-state index in [2.05, 4.69) is 24.3 Å². The third-order valence-corrected chi connectivity index (χ3v) is 4.08. The minimum atomic E-state index is -0.184.